The van der Waals surface area contributed by atoms with Crippen LogP contribution in [0.4, 0.5) is 4.39 Å². The number of ketones is 2. The molecule has 0 bridgehead atoms. The first kappa shape index (κ1) is 23.9. The Morgan fingerprint density at radius 3 is 2.71 bits per heavy atom. The lowest BCUT2D eigenvalue weighted by Crippen LogP contribution is -2.41. The Morgan fingerprint density at radius 1 is 1.24 bits per heavy atom. The van der Waals surface area contributed by atoms with Gasteiger partial charge in [0.25, 0.3) is 0 Å². The van der Waals surface area contributed by atoms with Gasteiger partial charge < -0.3 is 15.0 Å². The number of hydrogen-bond donors (Lipinski definition) is 2. The van der Waals surface area contributed by atoms with Gasteiger partial charge >= 0.3 is 0 Å². The van der Waals surface area contributed by atoms with Crippen LogP contribution in [0.3, 0.4) is 0 Å². The first-order chi connectivity index (χ1) is 16.4. The summed E-state index contributed by atoms with van der Waals surface area (Å²) in [6.07, 6.45) is 6.07. The van der Waals surface area contributed by atoms with E-state index in [0.29, 0.717) is 41.8 Å². The molecule has 2 aliphatic carbocycles. The lowest BCUT2D eigenvalue weighted by Gasteiger charge is -2.24. The van der Waals surface area contributed by atoms with Crippen LogP contribution < -0.4 is 10.1 Å². The fourth-order valence-electron chi connectivity index (χ4n) is 4.89. The Labute approximate surface area is 198 Å². The van der Waals surface area contributed by atoms with E-state index >= 15 is 0 Å². The summed E-state index contributed by atoms with van der Waals surface area (Å²) in [5.74, 6) is -0.920. The number of carbonyl (C=O) groups excluding carboxylic acids is 3. The van der Waals surface area contributed by atoms with Crippen LogP contribution in [0.2, 0.25) is 0 Å². The molecule has 2 aliphatic rings. The van der Waals surface area contributed by atoms with Crippen molar-refractivity contribution in [2.75, 3.05) is 7.11 Å². The fraction of sp³-hybridized carbons (Fsp3) is 0.538. The summed E-state index contributed by atoms with van der Waals surface area (Å²) in [5.41, 5.74) is 0.738. The highest BCUT2D eigenvalue weighted by atomic mass is 19.1. The Morgan fingerprint density at radius 2 is 2.03 bits per heavy atom. The van der Waals surface area contributed by atoms with Gasteiger partial charge in [0, 0.05) is 36.1 Å². The van der Waals surface area contributed by atoms with Crippen LogP contribution in [0.15, 0.2) is 18.2 Å². The van der Waals surface area contributed by atoms with Crippen molar-refractivity contribution in [1.82, 2.24) is 10.3 Å². The van der Waals surface area contributed by atoms with Crippen LogP contribution in [0.25, 0.3) is 10.9 Å². The molecule has 0 radical (unpaired) electrons. The van der Waals surface area contributed by atoms with Gasteiger partial charge in [-0.15, -0.1) is 0 Å². The number of nitrogens with zero attached hydrogens (tertiary/aromatic N) is 1. The van der Waals surface area contributed by atoms with E-state index in [4.69, 9.17) is 4.74 Å². The van der Waals surface area contributed by atoms with Crippen LogP contribution in [0.1, 0.15) is 68.3 Å². The lowest BCUT2D eigenvalue weighted by atomic mass is 9.83. The van der Waals surface area contributed by atoms with Crippen LogP contribution in [0, 0.1) is 34.9 Å². The first-order valence-corrected chi connectivity index (χ1v) is 12.0. The Hall–Kier alpha value is -3.21. The van der Waals surface area contributed by atoms with E-state index in [1.54, 1.807) is 6.07 Å². The van der Waals surface area contributed by atoms with Crippen molar-refractivity contribution < 1.29 is 23.5 Å². The normalized spacial score (nSPS) is 19.9. The second kappa shape index (κ2) is 10.4. The average molecular weight is 468 g/mol. The number of Topliss-reactive ketones (excluding diaryl/α,β-unsaturated/α-hetero) is 2. The third kappa shape index (κ3) is 5.64. The molecule has 3 atom stereocenters. The van der Waals surface area contributed by atoms with Crippen molar-refractivity contribution in [3.05, 3.63) is 29.7 Å². The summed E-state index contributed by atoms with van der Waals surface area (Å²) in [7, 11) is 1.44. The number of H-pyrrole nitrogens is 1. The molecule has 2 fully saturated rings. The molecule has 2 saturated carbocycles. The first-order valence-electron chi connectivity index (χ1n) is 12.0. The highest BCUT2D eigenvalue weighted by Crippen LogP contribution is 2.37. The minimum Gasteiger partial charge on any atom is -0.496 e. The Balaban J connectivity index is 1.45. The van der Waals surface area contributed by atoms with E-state index in [1.807, 2.05) is 0 Å². The molecule has 0 aliphatic heterocycles. The minimum atomic E-state index is -0.753. The number of nitrogens with one attached hydrogen (secondary N) is 2. The van der Waals surface area contributed by atoms with Crippen molar-refractivity contribution in [3.8, 4) is 11.8 Å². The largest absolute Gasteiger partial charge is 0.496 e. The van der Waals surface area contributed by atoms with Gasteiger partial charge in [-0.2, -0.15) is 5.26 Å². The van der Waals surface area contributed by atoms with Crippen molar-refractivity contribution in [1.29, 1.82) is 5.26 Å². The van der Waals surface area contributed by atoms with Gasteiger partial charge in [-0.05, 0) is 43.7 Å². The summed E-state index contributed by atoms with van der Waals surface area (Å²) in [6, 6.07) is 5.54. The maximum absolute atomic E-state index is 13.8. The van der Waals surface area contributed by atoms with E-state index in [0.717, 1.165) is 32.1 Å². The van der Waals surface area contributed by atoms with Gasteiger partial charge in [0.1, 0.15) is 23.4 Å². The van der Waals surface area contributed by atoms with Gasteiger partial charge in [-0.25, -0.2) is 4.39 Å². The number of carbonyl (C=O) groups is 3. The second-order valence-corrected chi connectivity index (χ2v) is 9.59. The maximum atomic E-state index is 13.8. The summed E-state index contributed by atoms with van der Waals surface area (Å²) < 4.78 is 19.0. The number of benzene rings is 1. The number of methoxy groups -OCH3 is 1. The molecule has 1 amide bonds. The van der Waals surface area contributed by atoms with E-state index in [-0.39, 0.29) is 35.5 Å². The molecule has 0 saturated heterocycles. The molecule has 34 heavy (non-hydrogen) atoms. The molecule has 8 heteroatoms. The molecule has 7 nitrogen and oxygen atoms in total. The standard InChI is InChI=1S/C26H30FN3O4/c1-34-25-12-18(27)11-21-20(25)13-22(30-21)24(32)10-17(8-15-6-7-15)26(33)29-19(14-28)9-16-4-2-3-5-23(16)31/h11-13,15-17,19,30H,2-10H2,1H3,(H,29,33)/t16-,17+,19-/m0/s1. The van der Waals surface area contributed by atoms with Gasteiger partial charge in [-0.3, -0.25) is 14.4 Å². The molecular weight excluding hydrogens is 437 g/mol. The number of ether oxygens (including phenoxy) is 1. The molecular formula is C26H30FN3O4. The van der Waals surface area contributed by atoms with Crippen molar-refractivity contribution in [2.24, 2.45) is 17.8 Å². The van der Waals surface area contributed by atoms with Gasteiger partial charge in [0.05, 0.1) is 24.4 Å². The van der Waals surface area contributed by atoms with Crippen molar-refractivity contribution >= 4 is 28.4 Å². The van der Waals surface area contributed by atoms with E-state index in [1.165, 1.54) is 19.2 Å². The molecule has 1 heterocycles. The Kier molecular flexibility index (Phi) is 7.30. The molecule has 1 aromatic heterocycles. The van der Waals surface area contributed by atoms with Crippen LogP contribution >= 0.6 is 0 Å². The highest BCUT2D eigenvalue weighted by molar-refractivity contribution is 6.02. The van der Waals surface area contributed by atoms with Gasteiger partial charge in [0.2, 0.25) is 5.91 Å². The number of aromatic amines is 1. The molecule has 2 N–H and O–H groups in total. The van der Waals surface area contributed by atoms with E-state index < -0.39 is 17.8 Å². The SMILES string of the molecule is COc1cc(F)cc2[nH]c(C(=O)C[C@@H](CC3CC3)C(=O)N[C@H](C#N)C[C@@H]3CCCCC3=O)cc12. The van der Waals surface area contributed by atoms with Crippen molar-refractivity contribution in [3.63, 3.8) is 0 Å². The molecule has 1 aromatic carbocycles. The maximum Gasteiger partial charge on any atom is 0.224 e. The number of nitriles is 1. The second-order valence-electron chi connectivity index (χ2n) is 9.59. The van der Waals surface area contributed by atoms with Crippen molar-refractivity contribution in [2.45, 2.75) is 63.8 Å². The summed E-state index contributed by atoms with van der Waals surface area (Å²) in [5, 5.41) is 13.0. The van der Waals surface area contributed by atoms with Crippen LogP contribution in [-0.4, -0.2) is 35.6 Å². The molecule has 2 aromatic rings. The van der Waals surface area contributed by atoms with Gasteiger partial charge in [-0.1, -0.05) is 19.3 Å². The molecule has 180 valence electrons. The zero-order valence-corrected chi connectivity index (χ0v) is 19.4. The number of amides is 1. The smallest absolute Gasteiger partial charge is 0.224 e. The predicted octanol–water partition coefficient (Wildman–Crippen LogP) is 4.46. The van der Waals surface area contributed by atoms with E-state index in [9.17, 15) is 24.0 Å². The number of halogens is 1. The molecule has 4 rings (SSSR count). The zero-order valence-electron chi connectivity index (χ0n) is 19.4. The number of aromatic nitrogens is 1. The molecule has 0 spiro atoms. The topological polar surface area (TPSA) is 112 Å². The summed E-state index contributed by atoms with van der Waals surface area (Å²) in [6.45, 7) is 0. The number of rotatable bonds is 10. The quantitative estimate of drug-likeness (QED) is 0.501. The molecule has 0 unspecified atom stereocenters. The predicted molar refractivity (Wildman–Crippen MR) is 124 cm³/mol. The monoisotopic (exact) mass is 467 g/mol. The highest BCUT2D eigenvalue weighted by Gasteiger charge is 2.33. The fourth-order valence-corrected chi connectivity index (χ4v) is 4.89. The van der Waals surface area contributed by atoms with E-state index in [2.05, 4.69) is 16.4 Å². The summed E-state index contributed by atoms with van der Waals surface area (Å²) in [4.78, 5) is 41.3. The third-order valence-corrected chi connectivity index (χ3v) is 6.98. The third-order valence-electron chi connectivity index (χ3n) is 6.98. The van der Waals surface area contributed by atoms with Gasteiger partial charge in [0.15, 0.2) is 5.78 Å². The van der Waals surface area contributed by atoms with Crippen LogP contribution in [0.5, 0.6) is 5.75 Å². The Bertz CT molecular complexity index is 1130. The number of hydrogen-bond acceptors (Lipinski definition) is 5. The average Bonchev–Trinajstić information content (AvgIpc) is 3.54. The summed E-state index contributed by atoms with van der Waals surface area (Å²) >= 11 is 0. The van der Waals surface area contributed by atoms with Crippen LogP contribution in [-0.2, 0) is 9.59 Å². The lowest BCUT2D eigenvalue weighted by molar-refractivity contribution is -0.127. The minimum absolute atomic E-state index is 0.0134. The number of fused-ring (bicyclic) bond motifs is 1. The zero-order chi connectivity index (χ0) is 24.2.